The molecule has 2 rings (SSSR count). The van der Waals surface area contributed by atoms with Crippen molar-refractivity contribution in [2.45, 2.75) is 19.5 Å². The van der Waals surface area contributed by atoms with Gasteiger partial charge in [0.25, 0.3) is 0 Å². The van der Waals surface area contributed by atoms with Gasteiger partial charge in [-0.3, -0.25) is 0 Å². The second-order valence-electron chi connectivity index (χ2n) is 4.16. The molecule has 0 atom stereocenters. The van der Waals surface area contributed by atoms with Crippen LogP contribution in [0.3, 0.4) is 0 Å². The lowest BCUT2D eigenvalue weighted by atomic mass is 10.2. The summed E-state index contributed by atoms with van der Waals surface area (Å²) in [4.78, 5) is 8.15. The van der Waals surface area contributed by atoms with Crippen molar-refractivity contribution in [2.24, 2.45) is 0 Å². The van der Waals surface area contributed by atoms with Crippen LogP contribution in [0.5, 0.6) is 0 Å². The lowest BCUT2D eigenvalue weighted by Crippen LogP contribution is -2.07. The number of nitrogens with one attached hydrogen (secondary N) is 1. The van der Waals surface area contributed by atoms with Gasteiger partial charge >= 0.3 is 6.18 Å². The van der Waals surface area contributed by atoms with Crippen LogP contribution in [0.25, 0.3) is 0 Å². The standard InChI is InChI=1S/C13H10BrClF3N3/c1-2-11-20-10(15)6-12(21-11)19-7-3-4-9(14)8(5-7)13(16,17)18/h3-6H,2H2,1H3,(H,19,20,21). The molecule has 1 N–H and O–H groups in total. The molecule has 112 valence electrons. The average molecular weight is 381 g/mol. The zero-order valence-corrected chi connectivity index (χ0v) is 13.1. The molecule has 1 aromatic carbocycles. The third-order valence-corrected chi connectivity index (χ3v) is 3.49. The van der Waals surface area contributed by atoms with Crippen LogP contribution in [0.2, 0.25) is 5.15 Å². The number of hydrogen-bond donors (Lipinski definition) is 1. The van der Waals surface area contributed by atoms with Crippen LogP contribution >= 0.6 is 27.5 Å². The first-order valence-electron chi connectivity index (χ1n) is 5.97. The molecule has 3 nitrogen and oxygen atoms in total. The Bertz CT molecular complexity index is 662. The maximum Gasteiger partial charge on any atom is 0.417 e. The summed E-state index contributed by atoms with van der Waals surface area (Å²) in [6, 6.07) is 5.30. The van der Waals surface area contributed by atoms with Crippen LogP contribution in [0.4, 0.5) is 24.7 Å². The van der Waals surface area contributed by atoms with E-state index in [2.05, 4.69) is 31.2 Å². The minimum atomic E-state index is -4.44. The van der Waals surface area contributed by atoms with E-state index in [1.807, 2.05) is 6.92 Å². The molecule has 0 aliphatic rings. The number of aryl methyl sites for hydroxylation is 1. The fraction of sp³-hybridized carbons (Fsp3) is 0.231. The van der Waals surface area contributed by atoms with E-state index in [0.29, 0.717) is 18.1 Å². The number of benzene rings is 1. The van der Waals surface area contributed by atoms with Gasteiger partial charge in [-0.1, -0.05) is 34.5 Å². The van der Waals surface area contributed by atoms with Crippen molar-refractivity contribution in [3.63, 3.8) is 0 Å². The monoisotopic (exact) mass is 379 g/mol. The van der Waals surface area contributed by atoms with Crippen LogP contribution in [0.15, 0.2) is 28.7 Å². The van der Waals surface area contributed by atoms with Crippen molar-refractivity contribution in [2.75, 3.05) is 5.32 Å². The SMILES string of the molecule is CCc1nc(Cl)cc(Nc2ccc(Br)c(C(F)(F)F)c2)n1. The van der Waals surface area contributed by atoms with Crippen molar-refractivity contribution in [1.82, 2.24) is 9.97 Å². The van der Waals surface area contributed by atoms with Gasteiger partial charge < -0.3 is 5.32 Å². The molecule has 0 aliphatic carbocycles. The fourth-order valence-corrected chi connectivity index (χ4v) is 2.33. The maximum absolute atomic E-state index is 12.8. The molecule has 0 amide bonds. The number of aromatic nitrogens is 2. The van der Waals surface area contributed by atoms with Crippen LogP contribution < -0.4 is 5.32 Å². The molecule has 1 aromatic heterocycles. The fourth-order valence-electron chi connectivity index (χ4n) is 1.65. The molecular formula is C13H10BrClF3N3. The van der Waals surface area contributed by atoms with Crippen LogP contribution in [0, 0.1) is 0 Å². The highest BCUT2D eigenvalue weighted by atomic mass is 79.9. The molecule has 0 aliphatic heterocycles. The molecular weight excluding hydrogens is 371 g/mol. The van der Waals surface area contributed by atoms with Crippen LogP contribution in [-0.4, -0.2) is 9.97 Å². The first kappa shape index (κ1) is 16.0. The Morgan fingerprint density at radius 2 is 1.95 bits per heavy atom. The van der Waals surface area contributed by atoms with Gasteiger partial charge in [0.2, 0.25) is 0 Å². The second-order valence-corrected chi connectivity index (χ2v) is 5.40. The summed E-state index contributed by atoms with van der Waals surface area (Å²) in [5.74, 6) is 0.862. The third kappa shape index (κ3) is 4.07. The smallest absolute Gasteiger partial charge is 0.340 e. The third-order valence-electron chi connectivity index (χ3n) is 2.60. The summed E-state index contributed by atoms with van der Waals surface area (Å²) in [6.07, 6.45) is -3.86. The van der Waals surface area contributed by atoms with Crippen molar-refractivity contribution in [1.29, 1.82) is 0 Å². The molecule has 0 saturated carbocycles. The Hall–Kier alpha value is -1.34. The van der Waals surface area contributed by atoms with Crippen molar-refractivity contribution < 1.29 is 13.2 Å². The van der Waals surface area contributed by atoms with Gasteiger partial charge in [0.15, 0.2) is 0 Å². The Morgan fingerprint density at radius 1 is 1.24 bits per heavy atom. The lowest BCUT2D eigenvalue weighted by molar-refractivity contribution is -0.138. The van der Waals surface area contributed by atoms with E-state index in [4.69, 9.17) is 11.6 Å². The van der Waals surface area contributed by atoms with Crippen LogP contribution in [-0.2, 0) is 12.6 Å². The first-order chi connectivity index (χ1) is 9.79. The van der Waals surface area contributed by atoms with Crippen molar-refractivity contribution in [3.05, 3.63) is 45.3 Å². The molecule has 0 saturated heterocycles. The number of hydrogen-bond acceptors (Lipinski definition) is 3. The normalized spacial score (nSPS) is 11.5. The maximum atomic E-state index is 12.8. The lowest BCUT2D eigenvalue weighted by Gasteiger charge is -2.12. The highest BCUT2D eigenvalue weighted by molar-refractivity contribution is 9.10. The van der Waals surface area contributed by atoms with E-state index < -0.39 is 11.7 Å². The Labute approximate surface area is 132 Å². The second kappa shape index (κ2) is 6.19. The zero-order valence-electron chi connectivity index (χ0n) is 10.8. The van der Waals surface area contributed by atoms with Crippen molar-refractivity contribution >= 4 is 39.0 Å². The molecule has 2 aromatic rings. The highest BCUT2D eigenvalue weighted by Gasteiger charge is 2.33. The van der Waals surface area contributed by atoms with Gasteiger partial charge in [-0.05, 0) is 18.2 Å². The minimum Gasteiger partial charge on any atom is -0.340 e. The Morgan fingerprint density at radius 3 is 2.57 bits per heavy atom. The number of halogens is 5. The predicted octanol–water partition coefficient (Wildman–Crippen LogP) is 5.22. The first-order valence-corrected chi connectivity index (χ1v) is 7.14. The van der Waals surface area contributed by atoms with Crippen LogP contribution in [0.1, 0.15) is 18.3 Å². The number of anilines is 2. The Kier molecular flexibility index (Phi) is 4.73. The topological polar surface area (TPSA) is 37.8 Å². The van der Waals surface area contributed by atoms with E-state index in [1.165, 1.54) is 18.2 Å². The summed E-state index contributed by atoms with van der Waals surface area (Å²) < 4.78 is 38.5. The quantitative estimate of drug-likeness (QED) is 0.742. The van der Waals surface area contributed by atoms with E-state index in [-0.39, 0.29) is 15.3 Å². The van der Waals surface area contributed by atoms with Gasteiger partial charge in [0, 0.05) is 22.6 Å². The Balaban J connectivity index is 2.34. The summed E-state index contributed by atoms with van der Waals surface area (Å²) in [5, 5.41) is 3.04. The molecule has 8 heteroatoms. The van der Waals surface area contributed by atoms with Crippen molar-refractivity contribution in [3.8, 4) is 0 Å². The number of nitrogens with zero attached hydrogens (tertiary/aromatic N) is 2. The largest absolute Gasteiger partial charge is 0.417 e. The summed E-state index contributed by atoms with van der Waals surface area (Å²) in [6.45, 7) is 1.86. The number of rotatable bonds is 3. The number of alkyl halides is 3. The van der Waals surface area contributed by atoms with Gasteiger partial charge in [-0.15, -0.1) is 0 Å². The molecule has 0 radical (unpaired) electrons. The van der Waals surface area contributed by atoms with E-state index in [0.717, 1.165) is 6.07 Å². The molecule has 0 unspecified atom stereocenters. The summed E-state index contributed by atoms with van der Waals surface area (Å²) >= 11 is 8.74. The highest BCUT2D eigenvalue weighted by Crippen LogP contribution is 2.36. The van der Waals surface area contributed by atoms with E-state index in [1.54, 1.807) is 0 Å². The zero-order chi connectivity index (χ0) is 15.6. The van der Waals surface area contributed by atoms with Gasteiger partial charge in [0.1, 0.15) is 16.8 Å². The summed E-state index contributed by atoms with van der Waals surface area (Å²) in [7, 11) is 0. The predicted molar refractivity (Wildman–Crippen MR) is 78.8 cm³/mol. The van der Waals surface area contributed by atoms with E-state index in [9.17, 15) is 13.2 Å². The van der Waals surface area contributed by atoms with Gasteiger partial charge in [0.05, 0.1) is 5.56 Å². The molecule has 0 spiro atoms. The molecule has 21 heavy (non-hydrogen) atoms. The summed E-state index contributed by atoms with van der Waals surface area (Å²) in [5.41, 5.74) is -0.495. The van der Waals surface area contributed by atoms with E-state index >= 15 is 0 Å². The molecule has 0 fully saturated rings. The minimum absolute atomic E-state index is 0.0180. The average Bonchev–Trinajstić information content (AvgIpc) is 2.39. The molecule has 1 heterocycles. The van der Waals surface area contributed by atoms with Gasteiger partial charge in [-0.2, -0.15) is 13.2 Å². The molecule has 0 bridgehead atoms. The van der Waals surface area contributed by atoms with Gasteiger partial charge in [-0.25, -0.2) is 9.97 Å².